The summed E-state index contributed by atoms with van der Waals surface area (Å²) in [6.45, 7) is 8.37. The van der Waals surface area contributed by atoms with Crippen molar-refractivity contribution in [1.82, 2.24) is 19.9 Å². The molecule has 0 atom stereocenters. The predicted octanol–water partition coefficient (Wildman–Crippen LogP) is 4.68. The molecule has 1 amide bonds. The van der Waals surface area contributed by atoms with Crippen LogP contribution in [0, 0.1) is 0 Å². The minimum atomic E-state index is -5.08. The number of alkyl halides is 6. The van der Waals surface area contributed by atoms with Crippen molar-refractivity contribution in [2.45, 2.75) is 57.5 Å². The van der Waals surface area contributed by atoms with Crippen LogP contribution in [0.2, 0.25) is 0 Å². The zero-order valence-corrected chi connectivity index (χ0v) is 23.1. The lowest BCUT2D eigenvalue weighted by Crippen LogP contribution is -2.34. The van der Waals surface area contributed by atoms with Gasteiger partial charge >= 0.3 is 24.3 Å². The molecular weight excluding hydrogens is 592 g/mol. The molecule has 0 bridgehead atoms. The van der Waals surface area contributed by atoms with E-state index in [0.717, 1.165) is 25.9 Å². The highest BCUT2D eigenvalue weighted by Crippen LogP contribution is 2.23. The molecule has 2 aromatic heterocycles. The van der Waals surface area contributed by atoms with Crippen LogP contribution in [-0.2, 0) is 15.0 Å². The fourth-order valence-electron chi connectivity index (χ4n) is 3.38. The number of amides is 1. The van der Waals surface area contributed by atoms with Crippen LogP contribution in [-0.4, -0.2) is 74.2 Å². The number of benzene rings is 1. The Kier molecular flexibility index (Phi) is 11.5. The number of carbonyl (C=O) groups is 3. The maximum atomic E-state index is 12.6. The summed E-state index contributed by atoms with van der Waals surface area (Å²) in [7, 11) is 0. The van der Waals surface area contributed by atoms with Crippen LogP contribution in [0.4, 0.5) is 32.2 Å². The number of imidazole rings is 1. The number of carboxylic acid groups (broad SMARTS) is 2. The molecule has 236 valence electrons. The number of ether oxygens (including phenoxy) is 1. The van der Waals surface area contributed by atoms with Crippen LogP contribution >= 0.6 is 0 Å². The Morgan fingerprint density at radius 2 is 1.42 bits per heavy atom. The summed E-state index contributed by atoms with van der Waals surface area (Å²) in [5.41, 5.74) is 2.49. The van der Waals surface area contributed by atoms with Gasteiger partial charge in [-0.3, -0.25) is 4.79 Å². The standard InChI is InChI=1S/C22H27N5O2.2C2HF3O2/c1-22(2,3)16-6-4-15(5-7-16)21(28)25-18-14-27-19(24-18)8-9-20(26-27)29-17-10-12-23-13-11-17;2*3-2(4,5)1(6)7/h4-9,14,17,23H,10-13H2,1-3H3,(H,25,28);2*(H,6,7). The number of aromatic nitrogens is 3. The highest BCUT2D eigenvalue weighted by molar-refractivity contribution is 6.03. The van der Waals surface area contributed by atoms with Crippen LogP contribution in [0.1, 0.15) is 49.5 Å². The molecule has 1 aliphatic heterocycles. The maximum Gasteiger partial charge on any atom is 0.490 e. The maximum absolute atomic E-state index is 12.6. The Balaban J connectivity index is 0.000000384. The Morgan fingerprint density at radius 1 is 0.907 bits per heavy atom. The molecule has 3 heterocycles. The Bertz CT molecular complexity index is 1370. The van der Waals surface area contributed by atoms with Gasteiger partial charge in [-0.15, -0.1) is 5.10 Å². The SMILES string of the molecule is CC(C)(C)c1ccc(C(=O)Nc2cn3nc(OC4CCNCC4)ccc3n2)cc1.O=C(O)C(F)(F)F.O=C(O)C(F)(F)F. The van der Waals surface area contributed by atoms with E-state index in [4.69, 9.17) is 24.5 Å². The van der Waals surface area contributed by atoms with Crippen LogP contribution in [0.5, 0.6) is 5.88 Å². The first kappa shape index (κ1) is 34.8. The average molecular weight is 622 g/mol. The first-order valence-electron chi connectivity index (χ1n) is 12.5. The van der Waals surface area contributed by atoms with Gasteiger partial charge in [-0.2, -0.15) is 26.3 Å². The number of hydrogen-bond acceptors (Lipinski definition) is 7. The van der Waals surface area contributed by atoms with E-state index in [0.29, 0.717) is 22.9 Å². The summed E-state index contributed by atoms with van der Waals surface area (Å²) in [6.07, 6.45) is -6.34. The van der Waals surface area contributed by atoms with Crippen molar-refractivity contribution in [3.63, 3.8) is 0 Å². The van der Waals surface area contributed by atoms with E-state index >= 15 is 0 Å². The zero-order valence-electron chi connectivity index (χ0n) is 23.1. The smallest absolute Gasteiger partial charge is 0.475 e. The second-order valence-electron chi connectivity index (χ2n) is 10.1. The second kappa shape index (κ2) is 14.2. The number of rotatable bonds is 4. The van der Waals surface area contributed by atoms with Crippen LogP contribution in [0.15, 0.2) is 42.6 Å². The topological polar surface area (TPSA) is 155 Å². The van der Waals surface area contributed by atoms with Crippen molar-refractivity contribution in [2.75, 3.05) is 18.4 Å². The first-order valence-corrected chi connectivity index (χ1v) is 12.5. The number of hydrogen-bond donors (Lipinski definition) is 4. The van der Waals surface area contributed by atoms with Gasteiger partial charge in [0.1, 0.15) is 6.10 Å². The highest BCUT2D eigenvalue weighted by atomic mass is 19.4. The third-order valence-corrected chi connectivity index (χ3v) is 5.61. The van der Waals surface area contributed by atoms with Gasteiger partial charge in [0, 0.05) is 11.6 Å². The van der Waals surface area contributed by atoms with E-state index in [1.54, 1.807) is 10.7 Å². The van der Waals surface area contributed by atoms with Crippen molar-refractivity contribution < 1.29 is 55.7 Å². The lowest BCUT2D eigenvalue weighted by molar-refractivity contribution is -0.193. The van der Waals surface area contributed by atoms with Gasteiger partial charge in [-0.1, -0.05) is 32.9 Å². The summed E-state index contributed by atoms with van der Waals surface area (Å²) in [4.78, 5) is 34.8. The highest BCUT2D eigenvalue weighted by Gasteiger charge is 2.38. The first-order chi connectivity index (χ1) is 19.8. The molecule has 1 aromatic carbocycles. The number of carbonyl (C=O) groups excluding carboxylic acids is 1. The monoisotopic (exact) mass is 621 g/mol. The zero-order chi connectivity index (χ0) is 32.6. The number of anilines is 1. The summed E-state index contributed by atoms with van der Waals surface area (Å²) < 4.78 is 71.1. The quantitative estimate of drug-likeness (QED) is 0.304. The molecular formula is C26H29F6N5O6. The molecule has 4 rings (SSSR count). The molecule has 1 fully saturated rings. The van der Waals surface area contributed by atoms with Gasteiger partial charge in [0.15, 0.2) is 11.5 Å². The molecule has 3 aromatic rings. The number of fused-ring (bicyclic) bond motifs is 1. The Hall–Kier alpha value is -4.41. The molecule has 0 unspecified atom stereocenters. The van der Waals surface area contributed by atoms with Gasteiger partial charge < -0.3 is 25.6 Å². The van der Waals surface area contributed by atoms with Crippen LogP contribution < -0.4 is 15.4 Å². The Morgan fingerprint density at radius 3 is 1.88 bits per heavy atom. The van der Waals surface area contributed by atoms with Crippen molar-refractivity contribution in [3.05, 3.63) is 53.7 Å². The number of halogens is 6. The molecule has 4 N–H and O–H groups in total. The minimum Gasteiger partial charge on any atom is -0.475 e. The third kappa shape index (κ3) is 11.4. The van der Waals surface area contributed by atoms with Crippen molar-refractivity contribution in [3.8, 4) is 5.88 Å². The molecule has 0 saturated carbocycles. The molecule has 17 heteroatoms. The van der Waals surface area contributed by atoms with E-state index in [1.807, 2.05) is 36.4 Å². The number of piperidine rings is 1. The molecule has 1 saturated heterocycles. The average Bonchev–Trinajstić information content (AvgIpc) is 3.30. The summed E-state index contributed by atoms with van der Waals surface area (Å²) in [6, 6.07) is 11.3. The largest absolute Gasteiger partial charge is 0.490 e. The minimum absolute atomic E-state index is 0.0518. The summed E-state index contributed by atoms with van der Waals surface area (Å²) in [5, 5.41) is 24.9. The lowest BCUT2D eigenvalue weighted by atomic mass is 9.87. The normalized spacial score (nSPS) is 14.1. The predicted molar refractivity (Wildman–Crippen MR) is 140 cm³/mol. The molecule has 0 radical (unpaired) electrons. The van der Waals surface area contributed by atoms with Crippen molar-refractivity contribution >= 4 is 29.3 Å². The van der Waals surface area contributed by atoms with E-state index in [2.05, 4.69) is 41.5 Å². The molecule has 0 aliphatic carbocycles. The summed E-state index contributed by atoms with van der Waals surface area (Å²) in [5.74, 6) is -4.68. The molecule has 0 spiro atoms. The molecule has 43 heavy (non-hydrogen) atoms. The fraction of sp³-hybridized carbons (Fsp3) is 0.423. The van der Waals surface area contributed by atoms with Gasteiger partial charge in [0.05, 0.1) is 6.20 Å². The molecule has 11 nitrogen and oxygen atoms in total. The van der Waals surface area contributed by atoms with Gasteiger partial charge in [0.2, 0.25) is 5.88 Å². The molecule has 1 aliphatic rings. The second-order valence-corrected chi connectivity index (χ2v) is 10.1. The number of carboxylic acids is 2. The Labute approximate surface area is 240 Å². The van der Waals surface area contributed by atoms with Gasteiger partial charge in [-0.05, 0) is 55.1 Å². The van der Waals surface area contributed by atoms with Crippen molar-refractivity contribution in [1.29, 1.82) is 0 Å². The number of nitrogens with one attached hydrogen (secondary N) is 2. The van der Waals surface area contributed by atoms with Crippen LogP contribution in [0.25, 0.3) is 5.65 Å². The van der Waals surface area contributed by atoms with E-state index < -0.39 is 24.3 Å². The third-order valence-electron chi connectivity index (χ3n) is 5.61. The van der Waals surface area contributed by atoms with E-state index in [-0.39, 0.29) is 17.4 Å². The fourth-order valence-corrected chi connectivity index (χ4v) is 3.38. The lowest BCUT2D eigenvalue weighted by Gasteiger charge is -2.23. The van der Waals surface area contributed by atoms with Crippen LogP contribution in [0.3, 0.4) is 0 Å². The van der Waals surface area contributed by atoms with E-state index in [9.17, 15) is 31.1 Å². The van der Waals surface area contributed by atoms with Gasteiger partial charge in [-0.25, -0.2) is 19.1 Å². The number of nitrogens with zero attached hydrogens (tertiary/aromatic N) is 3. The van der Waals surface area contributed by atoms with Gasteiger partial charge in [0.25, 0.3) is 5.91 Å². The summed E-state index contributed by atoms with van der Waals surface area (Å²) >= 11 is 0. The van der Waals surface area contributed by atoms with Crippen molar-refractivity contribution in [2.24, 2.45) is 0 Å². The number of aliphatic carboxylic acids is 2. The van der Waals surface area contributed by atoms with E-state index in [1.165, 1.54) is 5.56 Å².